The standard InChI is InChI=1S/C24H38N4O3.C18H31NO4/c1-24(2,3)31-23(30)28-20(22(29)27-15-16-11-12-21(25)26-14-16)13-18-9-6-8-17-7-4-5-10-19(17)18;1-18(2,3)23-17(22)19-15(16(20)21)11-13-9-6-8-12-7-4-5-10-14(12)13/h11-12,14,17-20H,4-10,13,15H2,1-3H3,(H2,25,26)(H,27,29)(H,28,30);12-15H,4-11H2,1-3H3,(H,19,22)(H,20,21)/t17?,18?,19?,20-;12?,13?,14?,15-/m00/s1. The Bertz CT molecular complexity index is 1370. The van der Waals surface area contributed by atoms with E-state index < -0.39 is 41.4 Å². The number of anilines is 1. The van der Waals surface area contributed by atoms with Crippen LogP contribution in [0.1, 0.15) is 150 Å². The average molecular weight is 756 g/mol. The number of alkyl carbamates (subject to hydrolysis) is 2. The molecule has 304 valence electrons. The Balaban J connectivity index is 0.000000252. The summed E-state index contributed by atoms with van der Waals surface area (Å²) < 4.78 is 10.6. The van der Waals surface area contributed by atoms with E-state index in [2.05, 4.69) is 20.9 Å². The van der Waals surface area contributed by atoms with Gasteiger partial charge in [0.05, 0.1) is 0 Å². The van der Waals surface area contributed by atoms with E-state index in [0.717, 1.165) is 30.2 Å². The second-order valence-corrected chi connectivity index (χ2v) is 18.3. The van der Waals surface area contributed by atoms with Gasteiger partial charge in [-0.25, -0.2) is 19.4 Å². The van der Waals surface area contributed by atoms with Crippen molar-refractivity contribution in [1.82, 2.24) is 20.9 Å². The third kappa shape index (κ3) is 14.3. The Kier molecular flexibility index (Phi) is 15.9. The van der Waals surface area contributed by atoms with Gasteiger partial charge in [0.15, 0.2) is 0 Å². The second-order valence-electron chi connectivity index (χ2n) is 18.3. The summed E-state index contributed by atoms with van der Waals surface area (Å²) in [5, 5.41) is 17.8. The molecule has 12 nitrogen and oxygen atoms in total. The fraction of sp³-hybridized carbons (Fsp3) is 0.786. The van der Waals surface area contributed by atoms with Gasteiger partial charge in [-0.05, 0) is 114 Å². The highest BCUT2D eigenvalue weighted by molar-refractivity contribution is 5.85. The number of amides is 3. The minimum Gasteiger partial charge on any atom is -0.480 e. The zero-order valence-electron chi connectivity index (χ0n) is 33.8. The average Bonchev–Trinajstić information content (AvgIpc) is 3.09. The lowest BCUT2D eigenvalue weighted by Gasteiger charge is -2.42. The number of nitrogens with two attached hydrogens (primary N) is 1. The van der Waals surface area contributed by atoms with Gasteiger partial charge in [0, 0.05) is 12.7 Å². The highest BCUT2D eigenvalue weighted by Gasteiger charge is 2.39. The summed E-state index contributed by atoms with van der Waals surface area (Å²) >= 11 is 0. The molecule has 6 unspecified atom stereocenters. The number of carboxylic acids is 1. The molecule has 1 aromatic rings. The maximum absolute atomic E-state index is 13.1. The van der Waals surface area contributed by atoms with Gasteiger partial charge < -0.3 is 36.3 Å². The number of nitrogens with one attached hydrogen (secondary N) is 3. The molecule has 4 aliphatic carbocycles. The molecule has 0 aliphatic heterocycles. The van der Waals surface area contributed by atoms with Crippen molar-refractivity contribution in [2.24, 2.45) is 35.5 Å². The molecule has 5 rings (SSSR count). The summed E-state index contributed by atoms with van der Waals surface area (Å²) in [5.41, 5.74) is 5.27. The van der Waals surface area contributed by atoms with Crippen LogP contribution in [0.4, 0.5) is 15.4 Å². The zero-order valence-corrected chi connectivity index (χ0v) is 33.8. The number of carboxylic acid groups (broad SMARTS) is 1. The first-order chi connectivity index (χ1) is 25.5. The Hall–Kier alpha value is -3.57. The molecule has 4 fully saturated rings. The monoisotopic (exact) mass is 756 g/mol. The number of fused-ring (bicyclic) bond motifs is 2. The van der Waals surface area contributed by atoms with Crippen LogP contribution in [0.15, 0.2) is 18.3 Å². The molecular weight excluding hydrogens is 686 g/mol. The van der Waals surface area contributed by atoms with Gasteiger partial charge in [-0.2, -0.15) is 0 Å². The van der Waals surface area contributed by atoms with E-state index >= 15 is 0 Å². The number of carbonyl (C=O) groups is 4. The van der Waals surface area contributed by atoms with Crippen LogP contribution in [-0.2, 0) is 25.6 Å². The van der Waals surface area contributed by atoms with Crippen LogP contribution < -0.4 is 21.7 Å². The van der Waals surface area contributed by atoms with Crippen molar-refractivity contribution in [3.05, 3.63) is 23.9 Å². The van der Waals surface area contributed by atoms with Crippen LogP contribution in [0.5, 0.6) is 0 Å². The number of nitrogen functional groups attached to an aromatic ring is 1. The number of carbonyl (C=O) groups excluding carboxylic acids is 3. The molecule has 4 aliphatic rings. The highest BCUT2D eigenvalue weighted by atomic mass is 16.6. The predicted molar refractivity (Wildman–Crippen MR) is 209 cm³/mol. The SMILES string of the molecule is CC(C)(C)OC(=O)N[C@@H](CC1CCCC2CCCCC21)C(=O)NCc1ccc(N)nc1.CC(C)(C)OC(=O)N[C@@H](CC1CCCC2CCCCC21)C(=O)O. The smallest absolute Gasteiger partial charge is 0.408 e. The molecule has 8 atom stereocenters. The zero-order chi connectivity index (χ0) is 39.5. The predicted octanol–water partition coefficient (Wildman–Crippen LogP) is 8.13. The number of aliphatic carboxylic acids is 1. The van der Waals surface area contributed by atoms with Crippen LogP contribution in [-0.4, -0.2) is 57.4 Å². The first kappa shape index (κ1) is 43.2. The lowest BCUT2D eigenvalue weighted by molar-refractivity contribution is -0.140. The van der Waals surface area contributed by atoms with Crippen LogP contribution in [0.3, 0.4) is 0 Å². The Morgan fingerprint density at radius 2 is 1.19 bits per heavy atom. The van der Waals surface area contributed by atoms with Crippen molar-refractivity contribution in [2.45, 2.75) is 174 Å². The molecule has 0 radical (unpaired) electrons. The highest BCUT2D eigenvalue weighted by Crippen LogP contribution is 2.46. The number of rotatable bonds is 10. The molecule has 0 spiro atoms. The van der Waals surface area contributed by atoms with Crippen molar-refractivity contribution in [1.29, 1.82) is 0 Å². The van der Waals surface area contributed by atoms with Gasteiger partial charge in [-0.3, -0.25) is 4.79 Å². The minimum atomic E-state index is -0.964. The molecule has 3 amide bonds. The molecule has 0 aromatic carbocycles. The van der Waals surface area contributed by atoms with Gasteiger partial charge in [0.2, 0.25) is 5.91 Å². The van der Waals surface area contributed by atoms with E-state index in [0.29, 0.717) is 48.9 Å². The van der Waals surface area contributed by atoms with Crippen molar-refractivity contribution in [3.8, 4) is 0 Å². The van der Waals surface area contributed by atoms with Crippen molar-refractivity contribution in [3.63, 3.8) is 0 Å². The van der Waals surface area contributed by atoms with E-state index in [1.54, 1.807) is 33.0 Å². The van der Waals surface area contributed by atoms with Gasteiger partial charge in [0.1, 0.15) is 29.1 Å². The van der Waals surface area contributed by atoms with Crippen LogP contribution >= 0.6 is 0 Å². The van der Waals surface area contributed by atoms with E-state index in [1.807, 2.05) is 26.8 Å². The summed E-state index contributed by atoms with van der Waals surface area (Å²) in [6, 6.07) is 2.09. The first-order valence-electron chi connectivity index (χ1n) is 20.7. The van der Waals surface area contributed by atoms with Crippen molar-refractivity contribution < 1.29 is 33.8 Å². The van der Waals surface area contributed by atoms with Crippen LogP contribution in [0.2, 0.25) is 0 Å². The largest absolute Gasteiger partial charge is 0.480 e. The summed E-state index contributed by atoms with van der Waals surface area (Å²) in [6.45, 7) is 11.1. The maximum Gasteiger partial charge on any atom is 0.408 e. The number of aromatic nitrogens is 1. The van der Waals surface area contributed by atoms with Crippen molar-refractivity contribution in [2.75, 3.05) is 5.73 Å². The van der Waals surface area contributed by atoms with Gasteiger partial charge >= 0.3 is 18.2 Å². The second kappa shape index (κ2) is 19.8. The Labute approximate surface area is 323 Å². The molecule has 4 saturated carbocycles. The molecule has 12 heteroatoms. The van der Waals surface area contributed by atoms with Crippen molar-refractivity contribution >= 4 is 29.9 Å². The Morgan fingerprint density at radius 1 is 0.722 bits per heavy atom. The molecule has 0 saturated heterocycles. The fourth-order valence-corrected chi connectivity index (χ4v) is 9.54. The number of hydrogen-bond donors (Lipinski definition) is 5. The number of hydrogen-bond acceptors (Lipinski definition) is 8. The quantitative estimate of drug-likeness (QED) is 0.157. The van der Waals surface area contributed by atoms with Gasteiger partial charge in [0.25, 0.3) is 0 Å². The normalized spacial score (nSPS) is 26.6. The summed E-state index contributed by atoms with van der Waals surface area (Å²) in [6.07, 6.45) is 19.1. The molecular formula is C42H69N5O7. The first-order valence-corrected chi connectivity index (χ1v) is 20.7. The molecule has 1 heterocycles. The van der Waals surface area contributed by atoms with Gasteiger partial charge in [-0.15, -0.1) is 0 Å². The van der Waals surface area contributed by atoms with E-state index in [1.165, 1.54) is 77.0 Å². The lowest BCUT2D eigenvalue weighted by atomic mass is 9.64. The van der Waals surface area contributed by atoms with Gasteiger partial charge in [-0.1, -0.05) is 83.1 Å². The molecule has 54 heavy (non-hydrogen) atoms. The summed E-state index contributed by atoms with van der Waals surface area (Å²) in [5.74, 6) is 3.01. The molecule has 6 N–H and O–H groups in total. The van der Waals surface area contributed by atoms with Crippen LogP contribution in [0, 0.1) is 35.5 Å². The number of nitrogens with zero attached hydrogens (tertiary/aromatic N) is 1. The number of pyridine rings is 1. The van der Waals surface area contributed by atoms with E-state index in [4.69, 9.17) is 15.2 Å². The molecule has 0 bridgehead atoms. The maximum atomic E-state index is 13.1. The summed E-state index contributed by atoms with van der Waals surface area (Å²) in [4.78, 5) is 53.1. The topological polar surface area (TPSA) is 182 Å². The summed E-state index contributed by atoms with van der Waals surface area (Å²) in [7, 11) is 0. The van der Waals surface area contributed by atoms with Crippen LogP contribution in [0.25, 0.3) is 0 Å². The minimum absolute atomic E-state index is 0.180. The fourth-order valence-electron chi connectivity index (χ4n) is 9.54. The van der Waals surface area contributed by atoms with E-state index in [-0.39, 0.29) is 5.91 Å². The third-order valence-corrected chi connectivity index (χ3v) is 11.8. The lowest BCUT2D eigenvalue weighted by Crippen LogP contribution is -2.50. The Morgan fingerprint density at radius 3 is 1.65 bits per heavy atom. The number of ether oxygens (including phenoxy) is 2. The third-order valence-electron chi connectivity index (χ3n) is 11.8. The van der Waals surface area contributed by atoms with E-state index in [9.17, 15) is 24.3 Å². The molecule has 1 aromatic heterocycles.